The van der Waals surface area contributed by atoms with Crippen LogP contribution in [0.1, 0.15) is 44.9 Å². The van der Waals surface area contributed by atoms with Crippen LogP contribution in [-0.2, 0) is 17.5 Å². The first-order valence-electron chi connectivity index (χ1n) is 9.92. The molecule has 32 heavy (non-hydrogen) atoms. The number of halogens is 3. The molecule has 0 saturated heterocycles. The van der Waals surface area contributed by atoms with Gasteiger partial charge in [0.25, 0.3) is 5.56 Å². The summed E-state index contributed by atoms with van der Waals surface area (Å²) in [6, 6.07) is 2.96. The molecule has 0 fully saturated rings. The van der Waals surface area contributed by atoms with Gasteiger partial charge in [0.15, 0.2) is 5.65 Å². The van der Waals surface area contributed by atoms with Gasteiger partial charge in [0.1, 0.15) is 18.0 Å². The Hall–Kier alpha value is -3.44. The molecular weight excluding hydrogens is 429 g/mol. The van der Waals surface area contributed by atoms with Crippen LogP contribution >= 0.6 is 0 Å². The van der Waals surface area contributed by atoms with E-state index in [1.807, 2.05) is 27.7 Å². The summed E-state index contributed by atoms with van der Waals surface area (Å²) in [6.07, 6.45) is -3.43. The second-order valence-corrected chi connectivity index (χ2v) is 7.95. The Bertz CT molecular complexity index is 1180. The number of anilines is 1. The maximum Gasteiger partial charge on any atom is 0.416 e. The maximum atomic E-state index is 12.8. The molecule has 0 saturated carbocycles. The Labute approximate surface area is 181 Å². The van der Waals surface area contributed by atoms with Crippen LogP contribution in [-0.4, -0.2) is 36.9 Å². The first-order chi connectivity index (χ1) is 14.9. The summed E-state index contributed by atoms with van der Waals surface area (Å²) in [7, 11) is 0. The van der Waals surface area contributed by atoms with Crippen LogP contribution in [0.4, 0.5) is 19.1 Å². The molecule has 1 N–H and O–H groups in total. The van der Waals surface area contributed by atoms with Crippen molar-refractivity contribution in [2.45, 2.75) is 46.3 Å². The molecule has 0 aromatic carbocycles. The topological polar surface area (TPSA) is 103 Å². The van der Waals surface area contributed by atoms with Gasteiger partial charge in [-0.2, -0.15) is 23.3 Å². The van der Waals surface area contributed by atoms with Crippen LogP contribution in [0.5, 0.6) is 5.75 Å². The Morgan fingerprint density at radius 3 is 2.53 bits per heavy atom. The van der Waals surface area contributed by atoms with Gasteiger partial charge in [-0.25, -0.2) is 9.20 Å². The number of carbonyl (C=O) groups excluding carboxylic acids is 1. The number of rotatable bonds is 7. The quantitative estimate of drug-likeness (QED) is 0.591. The summed E-state index contributed by atoms with van der Waals surface area (Å²) in [5, 5.41) is 10.6. The number of fused-ring (bicyclic) bond motifs is 1. The molecule has 0 bridgehead atoms. The lowest BCUT2D eigenvalue weighted by Gasteiger charge is -2.16. The van der Waals surface area contributed by atoms with Crippen molar-refractivity contribution in [1.82, 2.24) is 24.4 Å². The Morgan fingerprint density at radius 1 is 1.19 bits per heavy atom. The van der Waals surface area contributed by atoms with Crippen molar-refractivity contribution >= 4 is 17.5 Å². The summed E-state index contributed by atoms with van der Waals surface area (Å²) in [4.78, 5) is 28.7. The summed E-state index contributed by atoms with van der Waals surface area (Å²) in [6.45, 7) is 7.72. The van der Waals surface area contributed by atoms with Crippen molar-refractivity contribution in [3.8, 4) is 5.75 Å². The van der Waals surface area contributed by atoms with E-state index in [0.717, 1.165) is 27.5 Å². The molecule has 0 unspecified atom stereocenters. The monoisotopic (exact) mass is 452 g/mol. The lowest BCUT2D eigenvalue weighted by molar-refractivity contribution is -0.137. The fourth-order valence-corrected chi connectivity index (χ4v) is 2.79. The minimum atomic E-state index is -4.52. The number of ether oxygens (including phenoxy) is 1. The number of nitrogens with one attached hydrogen (secondary N) is 1. The SMILES string of the molecule is CC(C)COc1cc(=O)n(CC(=O)Nc2nc3cc(C(F)(F)F)ccn3n2)nc1C(C)C. The van der Waals surface area contributed by atoms with Crippen LogP contribution in [0.25, 0.3) is 5.65 Å². The number of carbonyl (C=O) groups is 1. The van der Waals surface area contributed by atoms with Crippen LogP contribution < -0.4 is 15.6 Å². The predicted molar refractivity (Wildman–Crippen MR) is 110 cm³/mol. The minimum absolute atomic E-state index is 0.0602. The van der Waals surface area contributed by atoms with Gasteiger partial charge in [-0.15, -0.1) is 5.10 Å². The van der Waals surface area contributed by atoms with E-state index in [2.05, 4.69) is 20.5 Å². The Morgan fingerprint density at radius 2 is 1.91 bits per heavy atom. The van der Waals surface area contributed by atoms with E-state index in [4.69, 9.17) is 4.74 Å². The van der Waals surface area contributed by atoms with Crippen molar-refractivity contribution in [1.29, 1.82) is 0 Å². The van der Waals surface area contributed by atoms with Gasteiger partial charge in [-0.1, -0.05) is 27.7 Å². The number of hydrogen-bond acceptors (Lipinski definition) is 6. The molecule has 1 amide bonds. The molecule has 3 aromatic rings. The normalized spacial score (nSPS) is 12.0. The van der Waals surface area contributed by atoms with Gasteiger partial charge < -0.3 is 4.74 Å². The zero-order valence-corrected chi connectivity index (χ0v) is 18.0. The van der Waals surface area contributed by atoms with E-state index < -0.39 is 29.8 Å². The van der Waals surface area contributed by atoms with Crippen molar-refractivity contribution in [3.63, 3.8) is 0 Å². The summed E-state index contributed by atoms with van der Waals surface area (Å²) >= 11 is 0. The number of hydrogen-bond donors (Lipinski definition) is 1. The third kappa shape index (κ3) is 5.42. The maximum absolute atomic E-state index is 12.8. The highest BCUT2D eigenvalue weighted by molar-refractivity contribution is 5.88. The molecule has 0 radical (unpaired) electrons. The van der Waals surface area contributed by atoms with E-state index in [1.54, 1.807) is 0 Å². The molecule has 0 aliphatic rings. The first-order valence-corrected chi connectivity index (χ1v) is 9.92. The molecule has 0 aliphatic carbocycles. The predicted octanol–water partition coefficient (Wildman–Crippen LogP) is 3.10. The summed E-state index contributed by atoms with van der Waals surface area (Å²) in [5.41, 5.74) is -0.962. The number of alkyl halides is 3. The van der Waals surface area contributed by atoms with E-state index in [9.17, 15) is 22.8 Å². The molecule has 172 valence electrons. The highest BCUT2D eigenvalue weighted by Gasteiger charge is 2.31. The summed E-state index contributed by atoms with van der Waals surface area (Å²) in [5.74, 6) is -0.276. The number of pyridine rings is 1. The molecule has 3 rings (SSSR count). The molecule has 0 atom stereocenters. The third-order valence-corrected chi connectivity index (χ3v) is 4.32. The average molecular weight is 452 g/mol. The van der Waals surface area contributed by atoms with Gasteiger partial charge in [-0.3, -0.25) is 14.9 Å². The van der Waals surface area contributed by atoms with Crippen molar-refractivity contribution in [2.24, 2.45) is 5.92 Å². The van der Waals surface area contributed by atoms with Gasteiger partial charge in [-0.05, 0) is 18.1 Å². The van der Waals surface area contributed by atoms with Crippen molar-refractivity contribution in [2.75, 3.05) is 11.9 Å². The van der Waals surface area contributed by atoms with Crippen LogP contribution in [0, 0.1) is 5.92 Å². The van der Waals surface area contributed by atoms with Crippen LogP contribution in [0.3, 0.4) is 0 Å². The average Bonchev–Trinajstić information content (AvgIpc) is 3.08. The van der Waals surface area contributed by atoms with Gasteiger partial charge >= 0.3 is 6.18 Å². The van der Waals surface area contributed by atoms with Crippen LogP contribution in [0.15, 0.2) is 29.2 Å². The zero-order chi connectivity index (χ0) is 23.6. The van der Waals surface area contributed by atoms with Gasteiger partial charge in [0, 0.05) is 18.2 Å². The Balaban J connectivity index is 1.78. The lowest BCUT2D eigenvalue weighted by Crippen LogP contribution is -2.31. The number of nitrogens with zero attached hydrogens (tertiary/aromatic N) is 5. The van der Waals surface area contributed by atoms with E-state index in [-0.39, 0.29) is 23.4 Å². The molecule has 0 aliphatic heterocycles. The van der Waals surface area contributed by atoms with E-state index >= 15 is 0 Å². The van der Waals surface area contributed by atoms with E-state index in [0.29, 0.717) is 18.1 Å². The molecule has 12 heteroatoms. The largest absolute Gasteiger partial charge is 0.491 e. The molecule has 3 heterocycles. The molecule has 3 aromatic heterocycles. The van der Waals surface area contributed by atoms with Gasteiger partial charge in [0.2, 0.25) is 11.9 Å². The zero-order valence-electron chi connectivity index (χ0n) is 18.0. The second kappa shape index (κ2) is 8.97. The highest BCUT2D eigenvalue weighted by Crippen LogP contribution is 2.29. The second-order valence-electron chi connectivity index (χ2n) is 7.95. The van der Waals surface area contributed by atoms with Crippen molar-refractivity contribution in [3.05, 3.63) is 46.0 Å². The molecular formula is C20H23F3N6O3. The lowest BCUT2D eigenvalue weighted by atomic mass is 10.1. The first kappa shape index (κ1) is 23.2. The summed E-state index contributed by atoms with van der Waals surface area (Å²) < 4.78 is 46.3. The Kier molecular flexibility index (Phi) is 6.51. The fraction of sp³-hybridized carbons (Fsp3) is 0.450. The van der Waals surface area contributed by atoms with E-state index in [1.165, 1.54) is 6.07 Å². The molecule has 0 spiro atoms. The fourth-order valence-electron chi connectivity index (χ4n) is 2.79. The number of aromatic nitrogens is 5. The smallest absolute Gasteiger partial charge is 0.416 e. The van der Waals surface area contributed by atoms with Crippen molar-refractivity contribution < 1.29 is 22.7 Å². The van der Waals surface area contributed by atoms with Crippen LogP contribution in [0.2, 0.25) is 0 Å². The minimum Gasteiger partial charge on any atom is -0.491 e. The number of amides is 1. The third-order valence-electron chi connectivity index (χ3n) is 4.32. The standard InChI is InChI=1S/C20H23F3N6O3/c1-11(2)10-32-14-8-17(31)29(26-18(14)12(3)4)9-16(30)25-19-24-15-7-13(20(21,22)23)5-6-28(15)27-19/h5-8,11-12H,9-10H2,1-4H3,(H,25,27,30). The highest BCUT2D eigenvalue weighted by atomic mass is 19.4. The van der Waals surface area contributed by atoms with Gasteiger partial charge in [0.05, 0.1) is 12.2 Å². The molecule has 9 nitrogen and oxygen atoms in total.